The summed E-state index contributed by atoms with van der Waals surface area (Å²) in [5, 5.41) is 5.29. The van der Waals surface area contributed by atoms with Crippen molar-refractivity contribution in [1.29, 1.82) is 0 Å². The summed E-state index contributed by atoms with van der Waals surface area (Å²) in [6.07, 6.45) is 2.36. The number of nitrogens with one attached hydrogen (secondary N) is 2. The van der Waals surface area contributed by atoms with Gasteiger partial charge >= 0.3 is 0 Å². The zero-order valence-electron chi connectivity index (χ0n) is 20.7. The summed E-state index contributed by atoms with van der Waals surface area (Å²) in [6, 6.07) is 25.6. The maximum absolute atomic E-state index is 13.1. The molecule has 0 aliphatic rings. The van der Waals surface area contributed by atoms with Gasteiger partial charge in [-0.05, 0) is 109 Å². The van der Waals surface area contributed by atoms with Crippen molar-refractivity contribution in [2.24, 2.45) is 0 Å². The highest BCUT2D eigenvalue weighted by atomic mass is 32.2. The van der Waals surface area contributed by atoms with Crippen molar-refractivity contribution in [1.82, 2.24) is 0 Å². The van der Waals surface area contributed by atoms with Crippen molar-refractivity contribution >= 4 is 33.0 Å². The van der Waals surface area contributed by atoms with E-state index >= 15 is 0 Å². The Balaban J connectivity index is 1.39. The van der Waals surface area contributed by atoms with Gasteiger partial charge < -0.3 is 20.1 Å². The van der Waals surface area contributed by atoms with Crippen LogP contribution in [-0.4, -0.2) is 20.2 Å². The molecule has 0 saturated carbocycles. The first-order valence-electron chi connectivity index (χ1n) is 11.6. The monoisotopic (exact) mass is 540 g/mol. The SMILES string of the molecule is C=CC(=O)Nc1ccc(Oc2ccc(S(=O)(=O)c3ccc(Oc4ccc(NC(=O)C=C)cc4)cc3)cc2)cc1. The average Bonchev–Trinajstić information content (AvgIpc) is 2.95. The number of hydrogen-bond acceptors (Lipinski definition) is 6. The van der Waals surface area contributed by atoms with Crippen LogP contribution in [0.15, 0.2) is 132 Å². The number of rotatable bonds is 10. The van der Waals surface area contributed by atoms with E-state index < -0.39 is 9.84 Å². The van der Waals surface area contributed by atoms with E-state index in [9.17, 15) is 18.0 Å². The lowest BCUT2D eigenvalue weighted by Crippen LogP contribution is -2.06. The van der Waals surface area contributed by atoms with E-state index in [1.165, 1.54) is 36.4 Å². The Kier molecular flexibility index (Phi) is 8.23. The Labute approximate surface area is 226 Å². The molecule has 4 rings (SSSR count). The maximum atomic E-state index is 13.1. The lowest BCUT2D eigenvalue weighted by atomic mass is 10.3. The van der Waals surface area contributed by atoms with Crippen LogP contribution in [0.2, 0.25) is 0 Å². The van der Waals surface area contributed by atoms with E-state index in [0.29, 0.717) is 34.4 Å². The van der Waals surface area contributed by atoms with Gasteiger partial charge in [0.15, 0.2) is 0 Å². The smallest absolute Gasteiger partial charge is 0.247 e. The van der Waals surface area contributed by atoms with Crippen molar-refractivity contribution in [3.05, 3.63) is 122 Å². The van der Waals surface area contributed by atoms with E-state index in [1.54, 1.807) is 72.8 Å². The molecule has 2 N–H and O–H groups in total. The van der Waals surface area contributed by atoms with Gasteiger partial charge in [-0.2, -0.15) is 0 Å². The van der Waals surface area contributed by atoms with Crippen LogP contribution in [0.4, 0.5) is 11.4 Å². The zero-order valence-corrected chi connectivity index (χ0v) is 21.5. The molecule has 0 heterocycles. The first-order valence-corrected chi connectivity index (χ1v) is 13.1. The predicted octanol–water partition coefficient (Wildman–Crippen LogP) is 6.35. The van der Waals surface area contributed by atoms with Gasteiger partial charge in [0, 0.05) is 11.4 Å². The fourth-order valence-electron chi connectivity index (χ4n) is 3.38. The van der Waals surface area contributed by atoms with Crippen molar-refractivity contribution < 1.29 is 27.5 Å². The molecule has 0 radical (unpaired) electrons. The minimum Gasteiger partial charge on any atom is -0.457 e. The molecule has 196 valence electrons. The summed E-state index contributed by atoms with van der Waals surface area (Å²) in [5.74, 6) is 1.32. The Morgan fingerprint density at radius 1 is 0.538 bits per heavy atom. The number of amides is 2. The fourth-order valence-corrected chi connectivity index (χ4v) is 4.64. The van der Waals surface area contributed by atoms with Crippen LogP contribution < -0.4 is 20.1 Å². The van der Waals surface area contributed by atoms with Crippen molar-refractivity contribution in [2.75, 3.05) is 10.6 Å². The fraction of sp³-hybridized carbons (Fsp3) is 0. The van der Waals surface area contributed by atoms with Gasteiger partial charge in [-0.3, -0.25) is 9.59 Å². The molecule has 0 aliphatic heterocycles. The summed E-state index contributed by atoms with van der Waals surface area (Å²) in [4.78, 5) is 23.0. The van der Waals surface area contributed by atoms with Crippen molar-refractivity contribution in [3.63, 3.8) is 0 Å². The summed E-state index contributed by atoms with van der Waals surface area (Å²) < 4.78 is 37.8. The van der Waals surface area contributed by atoms with Gasteiger partial charge in [0.25, 0.3) is 0 Å². The molecule has 0 fully saturated rings. The Morgan fingerprint density at radius 3 is 1.10 bits per heavy atom. The summed E-state index contributed by atoms with van der Waals surface area (Å²) in [7, 11) is -3.77. The van der Waals surface area contributed by atoms with Crippen LogP contribution in [0, 0.1) is 0 Å². The van der Waals surface area contributed by atoms with Crippen LogP contribution in [0.3, 0.4) is 0 Å². The normalized spacial score (nSPS) is 10.7. The number of carbonyl (C=O) groups is 2. The topological polar surface area (TPSA) is 111 Å². The number of carbonyl (C=O) groups excluding carboxylic acids is 2. The maximum Gasteiger partial charge on any atom is 0.247 e. The van der Waals surface area contributed by atoms with E-state index in [4.69, 9.17) is 9.47 Å². The molecule has 2 amide bonds. The standard InChI is InChI=1S/C30H24N2O6S/c1-3-29(33)31-21-5-9-23(10-6-21)37-25-13-17-27(18-14-25)39(35,36)28-19-15-26(16-20-28)38-24-11-7-22(8-12-24)32-30(34)4-2/h3-20H,1-2H2,(H,31,33)(H,32,34). The molecule has 9 heteroatoms. The summed E-state index contributed by atoms with van der Waals surface area (Å²) in [5.41, 5.74) is 1.19. The quantitative estimate of drug-likeness (QED) is 0.227. The molecule has 0 aliphatic carbocycles. The molecule has 0 bridgehead atoms. The average molecular weight is 541 g/mol. The highest BCUT2D eigenvalue weighted by Gasteiger charge is 2.18. The number of anilines is 2. The van der Waals surface area contributed by atoms with Crippen molar-refractivity contribution in [2.45, 2.75) is 9.79 Å². The molecule has 0 atom stereocenters. The number of ether oxygens (including phenoxy) is 2. The lowest BCUT2D eigenvalue weighted by Gasteiger charge is -2.10. The van der Waals surface area contributed by atoms with Crippen LogP contribution >= 0.6 is 0 Å². The first kappa shape index (κ1) is 26.9. The third kappa shape index (κ3) is 7.00. The van der Waals surface area contributed by atoms with Gasteiger partial charge in [-0.25, -0.2) is 8.42 Å². The second-order valence-corrected chi connectivity index (χ2v) is 10.0. The Hall–Kier alpha value is -5.15. The minimum atomic E-state index is -3.77. The van der Waals surface area contributed by atoms with E-state index in [2.05, 4.69) is 23.8 Å². The van der Waals surface area contributed by atoms with Crippen LogP contribution in [0.1, 0.15) is 0 Å². The molecule has 4 aromatic rings. The second kappa shape index (κ2) is 11.9. The molecular formula is C30H24N2O6S. The Bertz CT molecular complexity index is 1480. The highest BCUT2D eigenvalue weighted by molar-refractivity contribution is 7.91. The van der Waals surface area contributed by atoms with E-state index in [-0.39, 0.29) is 21.6 Å². The third-order valence-electron chi connectivity index (χ3n) is 5.35. The van der Waals surface area contributed by atoms with Crippen LogP contribution in [-0.2, 0) is 19.4 Å². The number of benzene rings is 4. The van der Waals surface area contributed by atoms with Gasteiger partial charge in [0.2, 0.25) is 21.7 Å². The largest absolute Gasteiger partial charge is 0.457 e. The van der Waals surface area contributed by atoms with Crippen LogP contribution in [0.5, 0.6) is 23.0 Å². The molecular weight excluding hydrogens is 516 g/mol. The summed E-state index contributed by atoms with van der Waals surface area (Å²) >= 11 is 0. The van der Waals surface area contributed by atoms with E-state index in [0.717, 1.165) is 0 Å². The molecule has 0 saturated heterocycles. The third-order valence-corrected chi connectivity index (χ3v) is 7.14. The molecule has 8 nitrogen and oxygen atoms in total. The molecule has 0 spiro atoms. The van der Waals surface area contributed by atoms with Gasteiger partial charge in [0.05, 0.1) is 9.79 Å². The van der Waals surface area contributed by atoms with Gasteiger partial charge in [-0.1, -0.05) is 13.2 Å². The Morgan fingerprint density at radius 2 is 0.821 bits per heavy atom. The van der Waals surface area contributed by atoms with Crippen LogP contribution in [0.25, 0.3) is 0 Å². The number of sulfone groups is 1. The predicted molar refractivity (Wildman–Crippen MR) is 149 cm³/mol. The van der Waals surface area contributed by atoms with Gasteiger partial charge in [0.1, 0.15) is 23.0 Å². The lowest BCUT2D eigenvalue weighted by molar-refractivity contribution is -0.112. The van der Waals surface area contributed by atoms with Crippen molar-refractivity contribution in [3.8, 4) is 23.0 Å². The molecule has 4 aromatic carbocycles. The van der Waals surface area contributed by atoms with E-state index in [1.807, 2.05) is 0 Å². The summed E-state index contributed by atoms with van der Waals surface area (Å²) in [6.45, 7) is 6.81. The molecule has 39 heavy (non-hydrogen) atoms. The molecule has 0 unspecified atom stereocenters. The second-order valence-electron chi connectivity index (χ2n) is 8.09. The first-order chi connectivity index (χ1) is 18.8. The number of hydrogen-bond donors (Lipinski definition) is 2. The zero-order chi connectivity index (χ0) is 27.8. The van der Waals surface area contributed by atoms with Gasteiger partial charge in [-0.15, -0.1) is 0 Å². The highest BCUT2D eigenvalue weighted by Crippen LogP contribution is 2.29. The minimum absolute atomic E-state index is 0.114. The molecule has 0 aromatic heterocycles.